The maximum Gasteiger partial charge on any atom is 0.243 e. The second-order valence-electron chi connectivity index (χ2n) is 9.69. The maximum atomic E-state index is 14.7. The highest BCUT2D eigenvalue weighted by atomic mass is 32.2. The van der Waals surface area contributed by atoms with Crippen molar-refractivity contribution >= 4 is 27.5 Å². The van der Waals surface area contributed by atoms with Crippen molar-refractivity contribution in [1.82, 2.24) is 10.2 Å². The second-order valence-corrected chi connectivity index (χ2v) is 11.6. The predicted molar refractivity (Wildman–Crippen MR) is 154 cm³/mol. The number of nitrogens with zero attached hydrogens (tertiary/aromatic N) is 2. The van der Waals surface area contributed by atoms with Gasteiger partial charge in [-0.1, -0.05) is 48.5 Å². The van der Waals surface area contributed by atoms with Crippen molar-refractivity contribution in [2.45, 2.75) is 38.8 Å². The second kappa shape index (κ2) is 13.5. The number of hydrogen-bond donors (Lipinski definition) is 1. The lowest BCUT2D eigenvalue weighted by Crippen LogP contribution is -2.50. The molecule has 11 heteroatoms. The van der Waals surface area contributed by atoms with Crippen molar-refractivity contribution in [3.05, 3.63) is 89.7 Å². The van der Waals surface area contributed by atoms with Gasteiger partial charge in [-0.05, 0) is 37.1 Å². The monoisotopic (exact) mass is 583 g/mol. The quantitative estimate of drug-likeness (QED) is 0.328. The Labute approximate surface area is 239 Å². The van der Waals surface area contributed by atoms with Gasteiger partial charge in [0.1, 0.15) is 11.9 Å². The Balaban J connectivity index is 1.56. The van der Waals surface area contributed by atoms with E-state index in [2.05, 4.69) is 5.32 Å². The van der Waals surface area contributed by atoms with Crippen molar-refractivity contribution in [1.29, 1.82) is 0 Å². The molecule has 1 heterocycles. The lowest BCUT2D eigenvalue weighted by molar-refractivity contribution is -0.141. The van der Waals surface area contributed by atoms with Gasteiger partial charge in [0, 0.05) is 44.1 Å². The molecule has 1 N–H and O–H groups in total. The molecule has 41 heavy (non-hydrogen) atoms. The molecule has 2 amide bonds. The van der Waals surface area contributed by atoms with Gasteiger partial charge >= 0.3 is 0 Å². The van der Waals surface area contributed by atoms with Gasteiger partial charge in [0.2, 0.25) is 28.6 Å². The summed E-state index contributed by atoms with van der Waals surface area (Å²) in [5, 5.41) is 2.80. The van der Waals surface area contributed by atoms with E-state index < -0.39 is 21.9 Å². The molecule has 0 spiro atoms. The molecule has 218 valence electrons. The number of nitrogens with one attached hydrogen (secondary N) is 1. The Morgan fingerprint density at radius 1 is 1.00 bits per heavy atom. The number of anilines is 1. The summed E-state index contributed by atoms with van der Waals surface area (Å²) in [6.07, 6.45) is 1.44. The summed E-state index contributed by atoms with van der Waals surface area (Å²) in [6.45, 7) is 2.11. The zero-order valence-electron chi connectivity index (χ0n) is 23.1. The van der Waals surface area contributed by atoms with E-state index in [0.717, 1.165) is 11.8 Å². The Hall–Kier alpha value is -4.12. The average molecular weight is 584 g/mol. The summed E-state index contributed by atoms with van der Waals surface area (Å²) in [4.78, 5) is 28.4. The summed E-state index contributed by atoms with van der Waals surface area (Å²) in [6, 6.07) is 19.4. The smallest absolute Gasteiger partial charge is 0.243 e. The van der Waals surface area contributed by atoms with Gasteiger partial charge < -0.3 is 19.7 Å². The molecule has 0 saturated carbocycles. The zero-order valence-corrected chi connectivity index (χ0v) is 23.9. The first-order valence-electron chi connectivity index (χ1n) is 13.4. The van der Waals surface area contributed by atoms with Crippen molar-refractivity contribution in [3.63, 3.8) is 0 Å². The molecule has 1 aliphatic rings. The van der Waals surface area contributed by atoms with Gasteiger partial charge in [0.25, 0.3) is 0 Å². The largest absolute Gasteiger partial charge is 0.454 e. The summed E-state index contributed by atoms with van der Waals surface area (Å²) >= 11 is 0. The highest BCUT2D eigenvalue weighted by molar-refractivity contribution is 7.92. The minimum absolute atomic E-state index is 0.0161. The fourth-order valence-electron chi connectivity index (χ4n) is 4.70. The van der Waals surface area contributed by atoms with E-state index in [0.29, 0.717) is 23.7 Å². The molecule has 0 saturated heterocycles. The van der Waals surface area contributed by atoms with Crippen LogP contribution in [0.1, 0.15) is 30.9 Å². The van der Waals surface area contributed by atoms with Gasteiger partial charge in [0.05, 0.1) is 11.9 Å². The maximum absolute atomic E-state index is 14.7. The lowest BCUT2D eigenvalue weighted by atomic mass is 10.0. The Kier molecular flexibility index (Phi) is 9.82. The third-order valence-electron chi connectivity index (χ3n) is 6.72. The van der Waals surface area contributed by atoms with Crippen LogP contribution in [0.4, 0.5) is 10.1 Å². The van der Waals surface area contributed by atoms with E-state index in [4.69, 9.17) is 9.47 Å². The van der Waals surface area contributed by atoms with Gasteiger partial charge in [-0.15, -0.1) is 0 Å². The van der Waals surface area contributed by atoms with Gasteiger partial charge in [-0.2, -0.15) is 0 Å². The number of ether oxygens (including phenoxy) is 2. The van der Waals surface area contributed by atoms with Crippen LogP contribution in [0.2, 0.25) is 0 Å². The molecule has 3 aromatic carbocycles. The number of likely N-dealkylation sites (N-methyl/N-ethyl adjacent to an activating group) is 1. The summed E-state index contributed by atoms with van der Waals surface area (Å²) < 4.78 is 51.9. The summed E-state index contributed by atoms with van der Waals surface area (Å²) in [5.41, 5.74) is 1.51. The Morgan fingerprint density at radius 2 is 1.71 bits per heavy atom. The summed E-state index contributed by atoms with van der Waals surface area (Å²) in [7, 11) is -3.69. The van der Waals surface area contributed by atoms with Crippen molar-refractivity contribution in [3.8, 4) is 11.5 Å². The number of rotatable bonds is 13. The molecule has 0 fully saturated rings. The minimum atomic E-state index is -3.69. The molecule has 0 radical (unpaired) electrons. The SMILES string of the molecule is CCNC(=O)C(Cc1ccccc1)N(Cc1ccccc1F)C(=O)CCCN(c1ccc2c(c1)OCO2)S(C)(=O)=O. The van der Waals surface area contributed by atoms with Crippen LogP contribution in [0.5, 0.6) is 11.5 Å². The van der Waals surface area contributed by atoms with Crippen LogP contribution in [-0.4, -0.2) is 57.3 Å². The third kappa shape index (κ3) is 7.75. The number of fused-ring (bicyclic) bond motifs is 1. The molecule has 1 unspecified atom stereocenters. The number of carbonyl (C=O) groups excluding carboxylic acids is 2. The number of hydrogen-bond acceptors (Lipinski definition) is 6. The van der Waals surface area contributed by atoms with E-state index in [9.17, 15) is 22.4 Å². The van der Waals surface area contributed by atoms with Crippen LogP contribution in [0.25, 0.3) is 0 Å². The molecule has 3 aromatic rings. The fourth-order valence-corrected chi connectivity index (χ4v) is 5.66. The summed E-state index contributed by atoms with van der Waals surface area (Å²) in [5.74, 6) is -0.255. The first-order chi connectivity index (χ1) is 19.7. The van der Waals surface area contributed by atoms with Crippen LogP contribution in [-0.2, 0) is 32.6 Å². The first kappa shape index (κ1) is 29.9. The number of amides is 2. The van der Waals surface area contributed by atoms with Crippen LogP contribution >= 0.6 is 0 Å². The Bertz CT molecular complexity index is 1470. The van der Waals surface area contributed by atoms with E-state index in [-0.39, 0.29) is 56.5 Å². The number of halogens is 1. The minimum Gasteiger partial charge on any atom is -0.454 e. The number of benzene rings is 3. The molecular weight excluding hydrogens is 549 g/mol. The van der Waals surface area contributed by atoms with E-state index in [1.165, 1.54) is 15.3 Å². The predicted octanol–water partition coefficient (Wildman–Crippen LogP) is 3.88. The standard InChI is InChI=1S/C30H34FN3O6S/c1-3-32-30(36)26(18-22-10-5-4-6-11-22)33(20-23-12-7-8-13-25(23)31)29(35)14-9-17-34(41(2,37)38)24-15-16-27-28(19-24)40-21-39-27/h4-8,10-13,15-16,19,26H,3,9,14,17-18,20-21H2,1-2H3,(H,32,36). The van der Waals surface area contributed by atoms with Crippen LogP contribution < -0.4 is 19.1 Å². The number of carbonyl (C=O) groups is 2. The van der Waals surface area contributed by atoms with Crippen molar-refractivity contribution in [2.75, 3.05) is 30.4 Å². The molecule has 4 rings (SSSR count). The van der Waals surface area contributed by atoms with Crippen molar-refractivity contribution < 1.29 is 31.9 Å². The van der Waals surface area contributed by atoms with Gasteiger partial charge in [-0.25, -0.2) is 12.8 Å². The van der Waals surface area contributed by atoms with Crippen LogP contribution in [0.15, 0.2) is 72.8 Å². The van der Waals surface area contributed by atoms with E-state index in [1.54, 1.807) is 43.3 Å². The van der Waals surface area contributed by atoms with Crippen LogP contribution in [0, 0.1) is 5.82 Å². The third-order valence-corrected chi connectivity index (χ3v) is 7.91. The highest BCUT2D eigenvalue weighted by Gasteiger charge is 2.31. The lowest BCUT2D eigenvalue weighted by Gasteiger charge is -2.32. The topological polar surface area (TPSA) is 105 Å². The highest BCUT2D eigenvalue weighted by Crippen LogP contribution is 2.36. The molecule has 0 aromatic heterocycles. The van der Waals surface area contributed by atoms with Gasteiger partial charge in [0.15, 0.2) is 11.5 Å². The molecule has 0 aliphatic carbocycles. The average Bonchev–Trinajstić information content (AvgIpc) is 3.42. The Morgan fingerprint density at radius 3 is 2.41 bits per heavy atom. The van der Waals surface area contributed by atoms with E-state index in [1.807, 2.05) is 30.3 Å². The van der Waals surface area contributed by atoms with Crippen molar-refractivity contribution in [2.24, 2.45) is 0 Å². The normalized spacial score (nSPS) is 13.0. The molecule has 0 bridgehead atoms. The molecular formula is C30H34FN3O6S. The zero-order chi connectivity index (χ0) is 29.4. The number of sulfonamides is 1. The molecule has 1 aliphatic heterocycles. The van der Waals surface area contributed by atoms with Crippen LogP contribution in [0.3, 0.4) is 0 Å². The fraction of sp³-hybridized carbons (Fsp3) is 0.333. The molecule has 1 atom stereocenters. The molecule has 9 nitrogen and oxygen atoms in total. The first-order valence-corrected chi connectivity index (χ1v) is 15.2. The van der Waals surface area contributed by atoms with Gasteiger partial charge in [-0.3, -0.25) is 13.9 Å². The van der Waals surface area contributed by atoms with E-state index >= 15 is 0 Å².